The molecule has 0 atom stereocenters. The number of anilines is 2. The molecule has 1 fully saturated rings. The summed E-state index contributed by atoms with van der Waals surface area (Å²) < 4.78 is 0. The SMILES string of the molecule is Cc1cnc(N(C)C)nc1N[C@H]1CC[C@@H](C(N)=O)CC1. The average molecular weight is 277 g/mol. The molecule has 6 nitrogen and oxygen atoms in total. The number of primary amides is 1. The molecule has 1 saturated carbocycles. The zero-order chi connectivity index (χ0) is 14.7. The lowest BCUT2D eigenvalue weighted by molar-refractivity contribution is -0.122. The predicted octanol–water partition coefficient (Wildman–Crippen LogP) is 1.31. The number of carbonyl (C=O) groups is 1. The van der Waals surface area contributed by atoms with Crippen molar-refractivity contribution < 1.29 is 4.79 Å². The van der Waals surface area contributed by atoms with E-state index in [2.05, 4.69) is 15.3 Å². The Morgan fingerprint density at radius 3 is 2.55 bits per heavy atom. The molecule has 2 rings (SSSR count). The van der Waals surface area contributed by atoms with Crippen LogP contribution in [0.15, 0.2) is 6.20 Å². The van der Waals surface area contributed by atoms with Gasteiger partial charge in [0.2, 0.25) is 11.9 Å². The summed E-state index contributed by atoms with van der Waals surface area (Å²) in [4.78, 5) is 21.9. The summed E-state index contributed by atoms with van der Waals surface area (Å²) >= 11 is 0. The number of amides is 1. The van der Waals surface area contributed by atoms with E-state index in [0.29, 0.717) is 12.0 Å². The van der Waals surface area contributed by atoms with Crippen molar-refractivity contribution in [3.63, 3.8) is 0 Å². The number of hydrogen-bond donors (Lipinski definition) is 2. The van der Waals surface area contributed by atoms with E-state index < -0.39 is 0 Å². The van der Waals surface area contributed by atoms with Gasteiger partial charge in [0, 0.05) is 37.8 Å². The minimum absolute atomic E-state index is 0.0388. The van der Waals surface area contributed by atoms with E-state index in [-0.39, 0.29) is 11.8 Å². The van der Waals surface area contributed by atoms with Crippen LogP contribution < -0.4 is 16.0 Å². The summed E-state index contributed by atoms with van der Waals surface area (Å²) in [6.07, 6.45) is 5.46. The fourth-order valence-electron chi connectivity index (χ4n) is 2.51. The molecular formula is C14H23N5O. The molecule has 1 heterocycles. The van der Waals surface area contributed by atoms with Crippen LogP contribution in [0.1, 0.15) is 31.2 Å². The van der Waals surface area contributed by atoms with Crippen molar-refractivity contribution in [3.8, 4) is 0 Å². The number of hydrogen-bond acceptors (Lipinski definition) is 5. The van der Waals surface area contributed by atoms with E-state index in [1.165, 1.54) is 0 Å². The molecule has 0 aromatic carbocycles. The van der Waals surface area contributed by atoms with Crippen LogP contribution in [0.3, 0.4) is 0 Å². The predicted molar refractivity (Wildman–Crippen MR) is 79.7 cm³/mol. The van der Waals surface area contributed by atoms with E-state index in [1.807, 2.05) is 32.1 Å². The number of rotatable bonds is 4. The molecule has 0 bridgehead atoms. The van der Waals surface area contributed by atoms with Gasteiger partial charge < -0.3 is 16.0 Å². The van der Waals surface area contributed by atoms with Gasteiger partial charge in [-0.05, 0) is 32.6 Å². The van der Waals surface area contributed by atoms with Gasteiger partial charge in [0.25, 0.3) is 0 Å². The van der Waals surface area contributed by atoms with Gasteiger partial charge in [-0.15, -0.1) is 0 Å². The van der Waals surface area contributed by atoms with E-state index in [4.69, 9.17) is 5.73 Å². The second kappa shape index (κ2) is 6.07. The maximum atomic E-state index is 11.2. The molecule has 0 radical (unpaired) electrons. The van der Waals surface area contributed by atoms with E-state index in [9.17, 15) is 4.79 Å². The Balaban J connectivity index is 2.00. The van der Waals surface area contributed by atoms with Crippen LogP contribution >= 0.6 is 0 Å². The Hall–Kier alpha value is -1.85. The number of aryl methyl sites for hydroxylation is 1. The normalized spacial score (nSPS) is 22.4. The average Bonchev–Trinajstić information content (AvgIpc) is 2.41. The van der Waals surface area contributed by atoms with Crippen LogP contribution in [0, 0.1) is 12.8 Å². The summed E-state index contributed by atoms with van der Waals surface area (Å²) in [5.41, 5.74) is 6.39. The maximum absolute atomic E-state index is 11.2. The topological polar surface area (TPSA) is 84.1 Å². The summed E-state index contributed by atoms with van der Waals surface area (Å²) in [5, 5.41) is 3.47. The zero-order valence-corrected chi connectivity index (χ0v) is 12.4. The molecule has 0 saturated heterocycles. The second-order valence-corrected chi connectivity index (χ2v) is 5.69. The number of aromatic nitrogens is 2. The molecule has 0 unspecified atom stereocenters. The van der Waals surface area contributed by atoms with Gasteiger partial charge in [0.1, 0.15) is 5.82 Å². The van der Waals surface area contributed by atoms with Crippen molar-refractivity contribution in [1.82, 2.24) is 9.97 Å². The fraction of sp³-hybridized carbons (Fsp3) is 0.643. The standard InChI is InChI=1S/C14H23N5O/c1-9-8-16-14(19(2)3)18-13(9)17-11-6-4-10(5-7-11)12(15)20/h8,10-11H,4-7H2,1-3H3,(H2,15,20)(H,16,17,18)/t10-,11+. The van der Waals surface area contributed by atoms with Crippen molar-refractivity contribution in [1.29, 1.82) is 0 Å². The van der Waals surface area contributed by atoms with Crippen molar-refractivity contribution in [2.45, 2.75) is 38.6 Å². The van der Waals surface area contributed by atoms with Gasteiger partial charge in [-0.25, -0.2) is 4.98 Å². The third kappa shape index (κ3) is 3.37. The fourth-order valence-corrected chi connectivity index (χ4v) is 2.51. The Kier molecular flexibility index (Phi) is 4.42. The van der Waals surface area contributed by atoms with E-state index in [1.54, 1.807) is 0 Å². The first kappa shape index (κ1) is 14.6. The summed E-state index contributed by atoms with van der Waals surface area (Å²) in [6, 6.07) is 0.356. The molecular weight excluding hydrogens is 254 g/mol. The lowest BCUT2D eigenvalue weighted by Crippen LogP contribution is -2.33. The second-order valence-electron chi connectivity index (χ2n) is 5.69. The highest BCUT2D eigenvalue weighted by Crippen LogP contribution is 2.27. The Morgan fingerprint density at radius 1 is 1.35 bits per heavy atom. The molecule has 110 valence electrons. The highest BCUT2D eigenvalue weighted by Gasteiger charge is 2.25. The third-order valence-corrected chi connectivity index (χ3v) is 3.83. The molecule has 0 aliphatic heterocycles. The maximum Gasteiger partial charge on any atom is 0.226 e. The van der Waals surface area contributed by atoms with Gasteiger partial charge in [-0.1, -0.05) is 0 Å². The molecule has 0 spiro atoms. The Bertz CT molecular complexity index is 480. The van der Waals surface area contributed by atoms with Crippen LogP contribution in [-0.4, -0.2) is 36.0 Å². The molecule has 3 N–H and O–H groups in total. The van der Waals surface area contributed by atoms with Crippen molar-refractivity contribution in [2.75, 3.05) is 24.3 Å². The van der Waals surface area contributed by atoms with Crippen LogP contribution in [0.5, 0.6) is 0 Å². The largest absolute Gasteiger partial charge is 0.369 e. The minimum Gasteiger partial charge on any atom is -0.369 e. The lowest BCUT2D eigenvalue weighted by Gasteiger charge is -2.28. The lowest BCUT2D eigenvalue weighted by atomic mass is 9.85. The molecule has 1 aliphatic rings. The van der Waals surface area contributed by atoms with Gasteiger partial charge >= 0.3 is 0 Å². The van der Waals surface area contributed by atoms with Crippen LogP contribution in [0.2, 0.25) is 0 Å². The molecule has 1 aliphatic carbocycles. The highest BCUT2D eigenvalue weighted by molar-refractivity contribution is 5.76. The first-order chi connectivity index (χ1) is 9.47. The van der Waals surface area contributed by atoms with Crippen LogP contribution in [0.25, 0.3) is 0 Å². The van der Waals surface area contributed by atoms with Gasteiger partial charge in [-0.2, -0.15) is 4.98 Å². The van der Waals surface area contributed by atoms with Crippen molar-refractivity contribution in [3.05, 3.63) is 11.8 Å². The quantitative estimate of drug-likeness (QED) is 0.866. The molecule has 20 heavy (non-hydrogen) atoms. The van der Waals surface area contributed by atoms with E-state index in [0.717, 1.165) is 37.1 Å². The van der Waals surface area contributed by atoms with Gasteiger partial charge in [-0.3, -0.25) is 4.79 Å². The minimum atomic E-state index is -0.170. The summed E-state index contributed by atoms with van der Waals surface area (Å²) in [5.74, 6) is 1.45. The monoisotopic (exact) mass is 277 g/mol. The highest BCUT2D eigenvalue weighted by atomic mass is 16.1. The Labute approximate surface area is 119 Å². The third-order valence-electron chi connectivity index (χ3n) is 3.83. The Morgan fingerprint density at radius 2 is 2.00 bits per heavy atom. The molecule has 6 heteroatoms. The number of nitrogens with two attached hydrogens (primary N) is 1. The van der Waals surface area contributed by atoms with Crippen molar-refractivity contribution >= 4 is 17.7 Å². The van der Waals surface area contributed by atoms with Crippen molar-refractivity contribution in [2.24, 2.45) is 11.7 Å². The molecule has 1 aromatic rings. The van der Waals surface area contributed by atoms with E-state index >= 15 is 0 Å². The number of nitrogens with zero attached hydrogens (tertiary/aromatic N) is 3. The number of nitrogens with one attached hydrogen (secondary N) is 1. The molecule has 1 aromatic heterocycles. The van der Waals surface area contributed by atoms with Crippen LogP contribution in [-0.2, 0) is 4.79 Å². The number of carbonyl (C=O) groups excluding carboxylic acids is 1. The van der Waals surface area contributed by atoms with Gasteiger partial charge in [0.05, 0.1) is 0 Å². The van der Waals surface area contributed by atoms with Gasteiger partial charge in [0.15, 0.2) is 0 Å². The zero-order valence-electron chi connectivity index (χ0n) is 12.4. The molecule has 1 amide bonds. The first-order valence-corrected chi connectivity index (χ1v) is 7.04. The first-order valence-electron chi connectivity index (χ1n) is 7.04. The van der Waals surface area contributed by atoms with Crippen LogP contribution in [0.4, 0.5) is 11.8 Å². The smallest absolute Gasteiger partial charge is 0.226 e. The summed E-state index contributed by atoms with van der Waals surface area (Å²) in [7, 11) is 3.85. The summed E-state index contributed by atoms with van der Waals surface area (Å²) in [6.45, 7) is 2.00.